The predicted octanol–water partition coefficient (Wildman–Crippen LogP) is 4.61. The zero-order chi connectivity index (χ0) is 23.1. The molecule has 3 aromatic rings. The second-order valence-corrected chi connectivity index (χ2v) is 7.33. The van der Waals surface area contributed by atoms with Gasteiger partial charge in [-0.1, -0.05) is 24.3 Å². The number of carbonyl (C=O) groups excluding carboxylic acids is 2. The van der Waals surface area contributed by atoms with Gasteiger partial charge in [-0.05, 0) is 79.9 Å². The first-order valence-corrected chi connectivity index (χ1v) is 10.0. The lowest BCUT2D eigenvalue weighted by molar-refractivity contribution is -0.123. The third-order valence-electron chi connectivity index (χ3n) is 4.72. The first-order chi connectivity index (χ1) is 15.3. The summed E-state index contributed by atoms with van der Waals surface area (Å²) in [5, 5.41) is 6.85. The van der Waals surface area contributed by atoms with Crippen molar-refractivity contribution in [2.75, 3.05) is 11.9 Å². The number of hydrazone groups is 1. The van der Waals surface area contributed by atoms with Crippen LogP contribution < -0.4 is 15.5 Å². The number of halogens is 1. The Labute approximate surface area is 186 Å². The van der Waals surface area contributed by atoms with Gasteiger partial charge < -0.3 is 10.1 Å². The Hall–Kier alpha value is -4.00. The van der Waals surface area contributed by atoms with Gasteiger partial charge in [0.2, 0.25) is 0 Å². The molecule has 2 amide bonds. The van der Waals surface area contributed by atoms with E-state index in [1.807, 2.05) is 32.0 Å². The Balaban J connectivity index is 1.53. The molecule has 3 rings (SSSR count). The molecule has 32 heavy (non-hydrogen) atoms. The molecule has 6 nitrogen and oxygen atoms in total. The van der Waals surface area contributed by atoms with Gasteiger partial charge in [0.25, 0.3) is 11.8 Å². The molecular weight excluding hydrogens is 409 g/mol. The fraction of sp³-hybridized carbons (Fsp3) is 0.160. The monoisotopic (exact) mass is 433 g/mol. The molecule has 0 unspecified atom stereocenters. The minimum absolute atomic E-state index is 0.143. The maximum Gasteiger partial charge on any atom is 0.277 e. The Morgan fingerprint density at radius 1 is 0.938 bits per heavy atom. The molecule has 0 aliphatic rings. The zero-order valence-electron chi connectivity index (χ0n) is 18.1. The highest BCUT2D eigenvalue weighted by Gasteiger charge is 2.08. The van der Waals surface area contributed by atoms with Gasteiger partial charge in [0, 0.05) is 11.3 Å². The van der Waals surface area contributed by atoms with Crippen molar-refractivity contribution in [2.24, 2.45) is 5.10 Å². The number of amides is 2. The highest BCUT2D eigenvalue weighted by Crippen LogP contribution is 2.19. The van der Waals surface area contributed by atoms with E-state index in [1.54, 1.807) is 31.2 Å². The van der Waals surface area contributed by atoms with Gasteiger partial charge >= 0.3 is 0 Å². The zero-order valence-corrected chi connectivity index (χ0v) is 18.1. The average molecular weight is 433 g/mol. The molecule has 0 spiro atoms. The fourth-order valence-corrected chi connectivity index (χ4v) is 2.85. The molecule has 0 fully saturated rings. The normalized spacial score (nSPS) is 11.1. The summed E-state index contributed by atoms with van der Waals surface area (Å²) >= 11 is 0. The van der Waals surface area contributed by atoms with Crippen LogP contribution in [0, 0.1) is 19.7 Å². The van der Waals surface area contributed by atoms with E-state index in [4.69, 9.17) is 4.74 Å². The number of rotatable bonds is 7. The molecule has 0 aromatic heterocycles. The number of ether oxygens (including phenoxy) is 1. The third kappa shape index (κ3) is 6.25. The number of nitrogens with zero attached hydrogens (tertiary/aromatic N) is 1. The summed E-state index contributed by atoms with van der Waals surface area (Å²) in [6.07, 6.45) is 0. The highest BCUT2D eigenvalue weighted by atomic mass is 19.1. The molecule has 2 N–H and O–H groups in total. The van der Waals surface area contributed by atoms with Crippen LogP contribution in [0.3, 0.4) is 0 Å². The average Bonchev–Trinajstić information content (AvgIpc) is 2.79. The van der Waals surface area contributed by atoms with Gasteiger partial charge in [0.1, 0.15) is 11.6 Å². The number of anilines is 1. The lowest BCUT2D eigenvalue weighted by Gasteiger charge is -2.09. The van der Waals surface area contributed by atoms with Gasteiger partial charge in [-0.15, -0.1) is 0 Å². The maximum atomic E-state index is 13.0. The summed E-state index contributed by atoms with van der Waals surface area (Å²) in [6.45, 7) is 5.49. The minimum Gasteiger partial charge on any atom is -0.483 e. The lowest BCUT2D eigenvalue weighted by atomic mass is 10.1. The van der Waals surface area contributed by atoms with E-state index in [2.05, 4.69) is 15.8 Å². The number of benzene rings is 3. The molecule has 0 saturated heterocycles. The van der Waals surface area contributed by atoms with E-state index in [0.29, 0.717) is 22.7 Å². The van der Waals surface area contributed by atoms with E-state index < -0.39 is 5.82 Å². The van der Waals surface area contributed by atoms with Crippen molar-refractivity contribution in [1.29, 1.82) is 0 Å². The van der Waals surface area contributed by atoms with Crippen LogP contribution in [0.25, 0.3) is 0 Å². The van der Waals surface area contributed by atoms with Crippen LogP contribution in [0.1, 0.15) is 34.0 Å². The quantitative estimate of drug-likeness (QED) is 0.422. The fourth-order valence-electron chi connectivity index (χ4n) is 2.85. The minimum atomic E-state index is -0.399. The van der Waals surface area contributed by atoms with Crippen molar-refractivity contribution in [3.8, 4) is 5.75 Å². The smallest absolute Gasteiger partial charge is 0.277 e. The van der Waals surface area contributed by atoms with Crippen molar-refractivity contribution in [1.82, 2.24) is 5.43 Å². The summed E-state index contributed by atoms with van der Waals surface area (Å²) < 4.78 is 18.6. The van der Waals surface area contributed by atoms with Crippen LogP contribution in [0.15, 0.2) is 71.8 Å². The molecule has 0 heterocycles. The number of nitrogens with one attached hydrogen (secondary N) is 2. The van der Waals surface area contributed by atoms with Crippen LogP contribution in [-0.4, -0.2) is 24.1 Å². The highest BCUT2D eigenvalue weighted by molar-refractivity contribution is 6.05. The van der Waals surface area contributed by atoms with Crippen molar-refractivity contribution < 1.29 is 18.7 Å². The van der Waals surface area contributed by atoms with Crippen LogP contribution in [0.5, 0.6) is 5.75 Å². The van der Waals surface area contributed by atoms with Crippen LogP contribution in [0.4, 0.5) is 10.1 Å². The van der Waals surface area contributed by atoms with E-state index in [1.165, 1.54) is 24.3 Å². The summed E-state index contributed by atoms with van der Waals surface area (Å²) in [5.41, 5.74) is 6.81. The second-order valence-electron chi connectivity index (χ2n) is 7.33. The third-order valence-corrected chi connectivity index (χ3v) is 4.72. The molecule has 0 aliphatic carbocycles. The van der Waals surface area contributed by atoms with E-state index in [-0.39, 0.29) is 18.4 Å². The van der Waals surface area contributed by atoms with E-state index in [0.717, 1.165) is 16.7 Å². The van der Waals surface area contributed by atoms with Gasteiger partial charge in [-0.2, -0.15) is 5.10 Å². The number of carbonyl (C=O) groups is 2. The molecule has 0 radical (unpaired) electrons. The molecule has 0 aliphatic heterocycles. The Bertz CT molecular complexity index is 1140. The van der Waals surface area contributed by atoms with Crippen LogP contribution >= 0.6 is 0 Å². The molecule has 7 heteroatoms. The van der Waals surface area contributed by atoms with Crippen LogP contribution in [0.2, 0.25) is 0 Å². The van der Waals surface area contributed by atoms with Gasteiger partial charge in [0.05, 0.1) is 5.71 Å². The standard InChI is InChI=1S/C25H24FN3O3/c1-16-4-5-17(2)23(14-16)32-15-24(30)29-28-18(3)19-8-12-22(13-9-19)27-25(31)20-6-10-21(26)11-7-20/h4-14H,15H2,1-3H3,(H,27,31)(H,29,30). The summed E-state index contributed by atoms with van der Waals surface area (Å²) in [7, 11) is 0. The Morgan fingerprint density at radius 2 is 1.59 bits per heavy atom. The summed E-state index contributed by atoms with van der Waals surface area (Å²) in [5.74, 6) is -0.434. The Morgan fingerprint density at radius 3 is 2.28 bits per heavy atom. The van der Waals surface area contributed by atoms with Crippen molar-refractivity contribution in [3.63, 3.8) is 0 Å². The van der Waals surface area contributed by atoms with Crippen molar-refractivity contribution >= 4 is 23.2 Å². The van der Waals surface area contributed by atoms with E-state index in [9.17, 15) is 14.0 Å². The second kappa shape index (κ2) is 10.3. The molecule has 3 aromatic carbocycles. The largest absolute Gasteiger partial charge is 0.483 e. The molecule has 0 saturated carbocycles. The SMILES string of the molecule is CC(=NNC(=O)COc1cc(C)ccc1C)c1ccc(NC(=O)c2ccc(F)cc2)cc1. The summed E-state index contributed by atoms with van der Waals surface area (Å²) in [6, 6.07) is 18.1. The Kier molecular flexibility index (Phi) is 7.33. The predicted molar refractivity (Wildman–Crippen MR) is 123 cm³/mol. The number of hydrogen-bond acceptors (Lipinski definition) is 4. The van der Waals surface area contributed by atoms with Crippen molar-refractivity contribution in [3.05, 3.63) is 94.8 Å². The molecular formula is C25H24FN3O3. The van der Waals surface area contributed by atoms with E-state index >= 15 is 0 Å². The molecule has 164 valence electrons. The van der Waals surface area contributed by atoms with Crippen LogP contribution in [-0.2, 0) is 4.79 Å². The topological polar surface area (TPSA) is 79.8 Å². The van der Waals surface area contributed by atoms with Crippen molar-refractivity contribution in [2.45, 2.75) is 20.8 Å². The van der Waals surface area contributed by atoms with Gasteiger partial charge in [0.15, 0.2) is 6.61 Å². The summed E-state index contributed by atoms with van der Waals surface area (Å²) in [4.78, 5) is 24.3. The van der Waals surface area contributed by atoms with Gasteiger partial charge in [-0.3, -0.25) is 9.59 Å². The lowest BCUT2D eigenvalue weighted by Crippen LogP contribution is -2.25. The maximum absolute atomic E-state index is 13.0. The first kappa shape index (κ1) is 22.7. The first-order valence-electron chi connectivity index (χ1n) is 10.0. The number of hydrogen-bond donors (Lipinski definition) is 2. The molecule has 0 bridgehead atoms. The van der Waals surface area contributed by atoms with Gasteiger partial charge in [-0.25, -0.2) is 9.82 Å². The molecule has 0 atom stereocenters. The number of aryl methyl sites for hydroxylation is 2.